The molecule has 0 saturated heterocycles. The van der Waals surface area contributed by atoms with Gasteiger partial charge < -0.3 is 5.11 Å². The predicted octanol–water partition coefficient (Wildman–Crippen LogP) is 2.53. The highest BCUT2D eigenvalue weighted by molar-refractivity contribution is 5.14. The summed E-state index contributed by atoms with van der Waals surface area (Å²) in [4.78, 5) is 8.09. The Hall–Kier alpha value is -1.74. The van der Waals surface area contributed by atoms with Gasteiger partial charge in [-0.3, -0.25) is 0 Å². The second-order valence-electron chi connectivity index (χ2n) is 4.00. The minimum atomic E-state index is -0.556. The molecule has 2 aromatic rings. The summed E-state index contributed by atoms with van der Waals surface area (Å²) < 4.78 is 0. The Morgan fingerprint density at radius 3 is 2.41 bits per heavy atom. The molecular weight excluding hydrogens is 212 g/mol. The number of rotatable bonds is 5. The lowest BCUT2D eigenvalue weighted by Crippen LogP contribution is -2.03. The smallest absolute Gasteiger partial charge is 0.156 e. The Balaban J connectivity index is 1.79. The normalized spacial score (nSPS) is 12.3. The van der Waals surface area contributed by atoms with Gasteiger partial charge in [0.1, 0.15) is 6.10 Å². The summed E-state index contributed by atoms with van der Waals surface area (Å²) in [6.45, 7) is 0. The van der Waals surface area contributed by atoms with Crippen molar-refractivity contribution in [3.05, 3.63) is 60.2 Å². The van der Waals surface area contributed by atoms with E-state index in [2.05, 4.69) is 22.1 Å². The largest absolute Gasteiger partial charge is 0.385 e. The van der Waals surface area contributed by atoms with Gasteiger partial charge in [-0.2, -0.15) is 0 Å². The molecule has 1 N–H and O–H groups in total. The van der Waals surface area contributed by atoms with Crippen LogP contribution < -0.4 is 0 Å². The van der Waals surface area contributed by atoms with Crippen LogP contribution in [0.2, 0.25) is 0 Å². The SMILES string of the molecule is OC(CCCc1ccccc1)c1ncccn1. The monoisotopic (exact) mass is 228 g/mol. The molecule has 2 rings (SSSR count). The number of hydrogen-bond donors (Lipinski definition) is 1. The Morgan fingerprint density at radius 1 is 1.00 bits per heavy atom. The second kappa shape index (κ2) is 6.11. The highest BCUT2D eigenvalue weighted by Crippen LogP contribution is 2.15. The fraction of sp³-hybridized carbons (Fsp3) is 0.286. The average Bonchev–Trinajstić information content (AvgIpc) is 2.41. The number of aromatic nitrogens is 2. The molecule has 0 aliphatic carbocycles. The van der Waals surface area contributed by atoms with Crippen molar-refractivity contribution in [1.82, 2.24) is 9.97 Å². The lowest BCUT2D eigenvalue weighted by Gasteiger charge is -2.08. The van der Waals surface area contributed by atoms with Crippen LogP contribution in [0.1, 0.15) is 30.3 Å². The summed E-state index contributed by atoms with van der Waals surface area (Å²) in [5.41, 5.74) is 1.30. The van der Waals surface area contributed by atoms with E-state index in [9.17, 15) is 5.11 Å². The molecule has 1 unspecified atom stereocenters. The van der Waals surface area contributed by atoms with Gasteiger partial charge >= 0.3 is 0 Å². The van der Waals surface area contributed by atoms with Crippen molar-refractivity contribution in [3.8, 4) is 0 Å². The number of hydrogen-bond acceptors (Lipinski definition) is 3. The second-order valence-corrected chi connectivity index (χ2v) is 4.00. The summed E-state index contributed by atoms with van der Waals surface area (Å²) in [6.07, 6.45) is 5.36. The van der Waals surface area contributed by atoms with Crippen LogP contribution in [-0.4, -0.2) is 15.1 Å². The van der Waals surface area contributed by atoms with Crippen molar-refractivity contribution >= 4 is 0 Å². The van der Waals surface area contributed by atoms with E-state index < -0.39 is 6.10 Å². The third-order valence-corrected chi connectivity index (χ3v) is 2.67. The van der Waals surface area contributed by atoms with Crippen molar-refractivity contribution in [3.63, 3.8) is 0 Å². The van der Waals surface area contributed by atoms with E-state index in [1.54, 1.807) is 18.5 Å². The molecule has 0 fully saturated rings. The number of benzene rings is 1. The first kappa shape index (κ1) is 11.7. The number of aliphatic hydroxyl groups is 1. The lowest BCUT2D eigenvalue weighted by molar-refractivity contribution is 0.155. The molecule has 1 heterocycles. The molecule has 0 saturated carbocycles. The first-order valence-electron chi connectivity index (χ1n) is 5.85. The standard InChI is InChI=1S/C14H16N2O/c17-13(14-15-10-5-11-16-14)9-4-8-12-6-2-1-3-7-12/h1-3,5-7,10-11,13,17H,4,8-9H2. The molecule has 0 bridgehead atoms. The minimum Gasteiger partial charge on any atom is -0.385 e. The van der Waals surface area contributed by atoms with E-state index in [0.29, 0.717) is 12.2 Å². The van der Waals surface area contributed by atoms with Gasteiger partial charge in [-0.25, -0.2) is 9.97 Å². The molecule has 1 atom stereocenters. The van der Waals surface area contributed by atoms with Gasteiger partial charge in [0.15, 0.2) is 5.82 Å². The maximum Gasteiger partial charge on any atom is 0.156 e. The van der Waals surface area contributed by atoms with E-state index in [1.807, 2.05) is 18.2 Å². The molecule has 0 amide bonds. The third kappa shape index (κ3) is 3.64. The Bertz CT molecular complexity index is 430. The molecule has 0 spiro atoms. The zero-order chi connectivity index (χ0) is 11.9. The van der Waals surface area contributed by atoms with Crippen LogP contribution >= 0.6 is 0 Å². The van der Waals surface area contributed by atoms with Gasteiger partial charge in [-0.1, -0.05) is 30.3 Å². The molecule has 17 heavy (non-hydrogen) atoms. The van der Waals surface area contributed by atoms with E-state index >= 15 is 0 Å². The fourth-order valence-electron chi connectivity index (χ4n) is 1.76. The molecule has 3 nitrogen and oxygen atoms in total. The summed E-state index contributed by atoms with van der Waals surface area (Å²) in [5, 5.41) is 9.87. The van der Waals surface area contributed by atoms with Gasteiger partial charge in [0, 0.05) is 12.4 Å². The van der Waals surface area contributed by atoms with Crippen molar-refractivity contribution in [1.29, 1.82) is 0 Å². The minimum absolute atomic E-state index is 0.514. The highest BCUT2D eigenvalue weighted by Gasteiger charge is 2.09. The van der Waals surface area contributed by atoms with Crippen LogP contribution in [0.25, 0.3) is 0 Å². The molecule has 0 aliphatic rings. The summed E-state index contributed by atoms with van der Waals surface area (Å²) in [7, 11) is 0. The number of aliphatic hydroxyl groups excluding tert-OH is 1. The van der Waals surface area contributed by atoms with Crippen LogP contribution in [0.3, 0.4) is 0 Å². The molecule has 0 radical (unpaired) electrons. The van der Waals surface area contributed by atoms with Gasteiger partial charge in [-0.15, -0.1) is 0 Å². The predicted molar refractivity (Wildman–Crippen MR) is 66.4 cm³/mol. The topological polar surface area (TPSA) is 46.0 Å². The lowest BCUT2D eigenvalue weighted by atomic mass is 10.1. The maximum absolute atomic E-state index is 9.87. The molecule has 1 aromatic heterocycles. The van der Waals surface area contributed by atoms with Crippen molar-refractivity contribution < 1.29 is 5.11 Å². The number of nitrogens with zero attached hydrogens (tertiary/aromatic N) is 2. The van der Waals surface area contributed by atoms with Crippen molar-refractivity contribution in [2.24, 2.45) is 0 Å². The Morgan fingerprint density at radius 2 is 1.71 bits per heavy atom. The molecular formula is C14H16N2O. The van der Waals surface area contributed by atoms with E-state index in [-0.39, 0.29) is 0 Å². The first-order valence-corrected chi connectivity index (χ1v) is 5.85. The summed E-state index contributed by atoms with van der Waals surface area (Å²) >= 11 is 0. The average molecular weight is 228 g/mol. The summed E-state index contributed by atoms with van der Waals surface area (Å²) in [5.74, 6) is 0.514. The first-order chi connectivity index (χ1) is 8.36. The number of aryl methyl sites for hydroxylation is 1. The van der Waals surface area contributed by atoms with Crippen LogP contribution in [0, 0.1) is 0 Å². The molecule has 88 valence electrons. The van der Waals surface area contributed by atoms with Crippen LogP contribution in [0.5, 0.6) is 0 Å². The third-order valence-electron chi connectivity index (χ3n) is 2.67. The summed E-state index contributed by atoms with van der Waals surface area (Å²) in [6, 6.07) is 12.0. The van der Waals surface area contributed by atoms with E-state index in [4.69, 9.17) is 0 Å². The highest BCUT2D eigenvalue weighted by atomic mass is 16.3. The van der Waals surface area contributed by atoms with E-state index in [1.165, 1.54) is 5.56 Å². The fourth-order valence-corrected chi connectivity index (χ4v) is 1.76. The van der Waals surface area contributed by atoms with Crippen LogP contribution in [0.15, 0.2) is 48.8 Å². The zero-order valence-corrected chi connectivity index (χ0v) is 9.66. The molecule has 3 heteroatoms. The van der Waals surface area contributed by atoms with Gasteiger partial charge in [0.25, 0.3) is 0 Å². The Labute approximate surface area is 101 Å². The van der Waals surface area contributed by atoms with Crippen LogP contribution in [-0.2, 0) is 6.42 Å². The quantitative estimate of drug-likeness (QED) is 0.855. The Kier molecular flexibility index (Phi) is 4.22. The molecule has 1 aromatic carbocycles. The van der Waals surface area contributed by atoms with Crippen LogP contribution in [0.4, 0.5) is 0 Å². The van der Waals surface area contributed by atoms with Gasteiger partial charge in [-0.05, 0) is 30.9 Å². The van der Waals surface area contributed by atoms with Gasteiger partial charge in [0.05, 0.1) is 0 Å². The van der Waals surface area contributed by atoms with Crippen molar-refractivity contribution in [2.45, 2.75) is 25.4 Å². The molecule has 0 aliphatic heterocycles. The zero-order valence-electron chi connectivity index (χ0n) is 9.66. The van der Waals surface area contributed by atoms with Gasteiger partial charge in [0.2, 0.25) is 0 Å². The van der Waals surface area contributed by atoms with E-state index in [0.717, 1.165) is 12.8 Å². The maximum atomic E-state index is 9.87. The van der Waals surface area contributed by atoms with Crippen molar-refractivity contribution in [2.75, 3.05) is 0 Å².